The van der Waals surface area contributed by atoms with Gasteiger partial charge in [0.1, 0.15) is 5.75 Å². The predicted octanol–water partition coefficient (Wildman–Crippen LogP) is 3.85. The molecule has 1 amide bonds. The predicted molar refractivity (Wildman–Crippen MR) is 79.3 cm³/mol. The summed E-state index contributed by atoms with van der Waals surface area (Å²) in [5.74, 6) is -0.180. The zero-order chi connectivity index (χ0) is 13.9. The third-order valence-electron chi connectivity index (χ3n) is 3.94. The van der Waals surface area contributed by atoms with Crippen molar-refractivity contribution in [1.82, 2.24) is 5.32 Å². The van der Waals surface area contributed by atoms with Crippen molar-refractivity contribution >= 4 is 21.8 Å². The van der Waals surface area contributed by atoms with Gasteiger partial charge in [0.05, 0.1) is 5.56 Å². The Morgan fingerprint density at radius 1 is 1.37 bits per heavy atom. The van der Waals surface area contributed by atoms with Crippen molar-refractivity contribution in [1.29, 1.82) is 0 Å². The number of carbonyl (C=O) groups excluding carboxylic acids is 1. The van der Waals surface area contributed by atoms with Crippen molar-refractivity contribution in [3.63, 3.8) is 0 Å². The zero-order valence-corrected chi connectivity index (χ0v) is 12.8. The van der Waals surface area contributed by atoms with E-state index in [2.05, 4.69) is 28.2 Å². The van der Waals surface area contributed by atoms with Crippen LogP contribution >= 0.6 is 15.9 Å². The van der Waals surface area contributed by atoms with Gasteiger partial charge in [-0.25, -0.2) is 0 Å². The minimum Gasteiger partial charge on any atom is -0.507 e. The van der Waals surface area contributed by atoms with Gasteiger partial charge < -0.3 is 10.4 Å². The number of hydrogen-bond donors (Lipinski definition) is 2. The van der Waals surface area contributed by atoms with Gasteiger partial charge >= 0.3 is 0 Å². The summed E-state index contributed by atoms with van der Waals surface area (Å²) in [6.07, 6.45) is 6.12. The summed E-state index contributed by atoms with van der Waals surface area (Å²) >= 11 is 3.31. The van der Waals surface area contributed by atoms with E-state index in [9.17, 15) is 9.90 Å². The first kappa shape index (κ1) is 14.4. The fraction of sp³-hybridized carbons (Fsp3) is 0.533. The molecule has 104 valence electrons. The SMILES string of the molecule is CC1(CNC(=O)c2cc(Br)ccc2O)CCCCC1. The maximum absolute atomic E-state index is 12.1. The molecule has 2 N–H and O–H groups in total. The molecule has 0 atom stereocenters. The molecule has 1 aliphatic carbocycles. The average Bonchev–Trinajstić information content (AvgIpc) is 2.40. The second-order valence-electron chi connectivity index (χ2n) is 5.72. The van der Waals surface area contributed by atoms with E-state index < -0.39 is 0 Å². The summed E-state index contributed by atoms with van der Waals surface area (Å²) in [4.78, 5) is 12.1. The van der Waals surface area contributed by atoms with E-state index in [4.69, 9.17) is 0 Å². The number of benzene rings is 1. The summed E-state index contributed by atoms with van der Waals surface area (Å²) in [7, 11) is 0. The zero-order valence-electron chi connectivity index (χ0n) is 11.2. The number of nitrogens with one attached hydrogen (secondary N) is 1. The van der Waals surface area contributed by atoms with Crippen molar-refractivity contribution in [2.45, 2.75) is 39.0 Å². The molecule has 1 aromatic carbocycles. The first-order chi connectivity index (χ1) is 9.00. The molecule has 0 unspecified atom stereocenters. The second kappa shape index (κ2) is 5.95. The van der Waals surface area contributed by atoms with E-state index >= 15 is 0 Å². The van der Waals surface area contributed by atoms with Gasteiger partial charge in [-0.05, 0) is 36.5 Å². The van der Waals surface area contributed by atoms with Gasteiger partial charge in [-0.3, -0.25) is 4.79 Å². The van der Waals surface area contributed by atoms with Crippen LogP contribution < -0.4 is 5.32 Å². The Bertz CT molecular complexity index is 467. The molecular formula is C15H20BrNO2. The van der Waals surface area contributed by atoms with Gasteiger partial charge in [0.15, 0.2) is 0 Å². The Kier molecular flexibility index (Phi) is 4.50. The van der Waals surface area contributed by atoms with Crippen LogP contribution in [0.2, 0.25) is 0 Å². The lowest BCUT2D eigenvalue weighted by Gasteiger charge is -2.33. The highest BCUT2D eigenvalue weighted by atomic mass is 79.9. The maximum atomic E-state index is 12.1. The molecule has 1 aliphatic rings. The van der Waals surface area contributed by atoms with Crippen LogP contribution in [0, 0.1) is 5.41 Å². The van der Waals surface area contributed by atoms with Crippen molar-refractivity contribution < 1.29 is 9.90 Å². The molecule has 0 aliphatic heterocycles. The Morgan fingerprint density at radius 2 is 2.05 bits per heavy atom. The quantitative estimate of drug-likeness (QED) is 0.886. The second-order valence-corrected chi connectivity index (χ2v) is 6.63. The molecule has 0 aromatic heterocycles. The summed E-state index contributed by atoms with van der Waals surface area (Å²) in [5, 5.41) is 12.7. The number of phenolic OH excluding ortho intramolecular Hbond substituents is 1. The lowest BCUT2D eigenvalue weighted by Crippen LogP contribution is -2.37. The van der Waals surface area contributed by atoms with E-state index in [1.807, 2.05) is 0 Å². The lowest BCUT2D eigenvalue weighted by atomic mass is 9.76. The number of carbonyl (C=O) groups is 1. The van der Waals surface area contributed by atoms with E-state index in [0.717, 1.165) is 17.3 Å². The van der Waals surface area contributed by atoms with Crippen LogP contribution in [0.25, 0.3) is 0 Å². The molecule has 4 heteroatoms. The smallest absolute Gasteiger partial charge is 0.255 e. The summed E-state index contributed by atoms with van der Waals surface area (Å²) in [5.41, 5.74) is 0.531. The first-order valence-corrected chi connectivity index (χ1v) is 7.56. The fourth-order valence-electron chi connectivity index (χ4n) is 2.66. The number of rotatable bonds is 3. The summed E-state index contributed by atoms with van der Waals surface area (Å²) in [6.45, 7) is 2.91. The molecule has 1 fully saturated rings. The minimum absolute atomic E-state index is 0.0227. The number of aromatic hydroxyl groups is 1. The van der Waals surface area contributed by atoms with Crippen molar-refractivity contribution in [3.8, 4) is 5.75 Å². The normalized spacial score (nSPS) is 18.0. The van der Waals surface area contributed by atoms with Gasteiger partial charge in [-0.1, -0.05) is 42.1 Å². The van der Waals surface area contributed by atoms with Gasteiger partial charge in [-0.15, -0.1) is 0 Å². The number of phenols is 1. The van der Waals surface area contributed by atoms with Crippen LogP contribution in [-0.4, -0.2) is 17.6 Å². The monoisotopic (exact) mass is 325 g/mol. The molecule has 1 aromatic rings. The van der Waals surface area contributed by atoms with Gasteiger partial charge in [0.25, 0.3) is 5.91 Å². The molecule has 0 saturated heterocycles. The highest BCUT2D eigenvalue weighted by Crippen LogP contribution is 2.35. The summed E-state index contributed by atoms with van der Waals surface area (Å²) in [6, 6.07) is 4.89. The van der Waals surface area contributed by atoms with Crippen molar-refractivity contribution in [3.05, 3.63) is 28.2 Å². The van der Waals surface area contributed by atoms with Crippen LogP contribution in [0.5, 0.6) is 5.75 Å². The molecule has 0 radical (unpaired) electrons. The Labute approximate surface area is 122 Å². The molecule has 2 rings (SSSR count). The van der Waals surface area contributed by atoms with E-state index in [0.29, 0.717) is 12.1 Å². The van der Waals surface area contributed by atoms with Crippen LogP contribution in [0.4, 0.5) is 0 Å². The number of halogens is 1. The first-order valence-electron chi connectivity index (χ1n) is 6.77. The summed E-state index contributed by atoms with van der Waals surface area (Å²) < 4.78 is 0.791. The van der Waals surface area contributed by atoms with Gasteiger partial charge in [-0.2, -0.15) is 0 Å². The Balaban J connectivity index is 1.99. The van der Waals surface area contributed by atoms with Crippen LogP contribution in [-0.2, 0) is 0 Å². The fourth-order valence-corrected chi connectivity index (χ4v) is 3.02. The third-order valence-corrected chi connectivity index (χ3v) is 4.43. The van der Waals surface area contributed by atoms with Crippen LogP contribution in [0.3, 0.4) is 0 Å². The van der Waals surface area contributed by atoms with Crippen molar-refractivity contribution in [2.24, 2.45) is 5.41 Å². The van der Waals surface area contributed by atoms with E-state index in [1.165, 1.54) is 25.3 Å². The average molecular weight is 326 g/mol. The maximum Gasteiger partial charge on any atom is 0.255 e. The molecule has 3 nitrogen and oxygen atoms in total. The molecule has 0 bridgehead atoms. The lowest BCUT2D eigenvalue weighted by molar-refractivity contribution is 0.0916. The number of hydrogen-bond acceptors (Lipinski definition) is 2. The van der Waals surface area contributed by atoms with E-state index in [1.54, 1.807) is 12.1 Å². The Hall–Kier alpha value is -1.03. The largest absolute Gasteiger partial charge is 0.507 e. The van der Waals surface area contributed by atoms with Crippen LogP contribution in [0.15, 0.2) is 22.7 Å². The highest BCUT2D eigenvalue weighted by Gasteiger charge is 2.27. The third kappa shape index (κ3) is 3.72. The molecule has 0 heterocycles. The molecule has 19 heavy (non-hydrogen) atoms. The topological polar surface area (TPSA) is 49.3 Å². The number of amides is 1. The van der Waals surface area contributed by atoms with E-state index in [-0.39, 0.29) is 17.1 Å². The van der Waals surface area contributed by atoms with Crippen molar-refractivity contribution in [2.75, 3.05) is 6.54 Å². The molecule has 0 spiro atoms. The van der Waals surface area contributed by atoms with Crippen LogP contribution in [0.1, 0.15) is 49.4 Å². The highest BCUT2D eigenvalue weighted by molar-refractivity contribution is 9.10. The molecule has 1 saturated carbocycles. The standard InChI is InChI=1S/C15H20BrNO2/c1-15(7-3-2-4-8-15)10-17-14(19)12-9-11(16)5-6-13(12)18/h5-6,9,18H,2-4,7-8,10H2,1H3,(H,17,19). The van der Waals surface area contributed by atoms with Gasteiger partial charge in [0.2, 0.25) is 0 Å². The Morgan fingerprint density at radius 3 is 2.74 bits per heavy atom. The minimum atomic E-state index is -0.203. The molecular weight excluding hydrogens is 306 g/mol. The van der Waals surface area contributed by atoms with Gasteiger partial charge in [0, 0.05) is 11.0 Å².